The standard InChI is InChI=1S/C16H16BrCl2N/c1-10-3-4-11(15(19)7-10)8-16(20-2)13-9-12(18)5-6-14(13)17/h3-7,9,16,20H,8H2,1-2H3. The summed E-state index contributed by atoms with van der Waals surface area (Å²) in [6.07, 6.45) is 0.814. The molecule has 1 unspecified atom stereocenters. The van der Waals surface area contributed by atoms with Gasteiger partial charge in [-0.1, -0.05) is 51.3 Å². The quantitative estimate of drug-likeness (QED) is 0.739. The fourth-order valence-electron chi connectivity index (χ4n) is 2.19. The van der Waals surface area contributed by atoms with Crippen LogP contribution in [0.3, 0.4) is 0 Å². The first-order valence-corrected chi connectivity index (χ1v) is 7.93. The molecule has 2 aromatic rings. The minimum atomic E-state index is 0.156. The zero-order chi connectivity index (χ0) is 14.7. The van der Waals surface area contributed by atoms with E-state index in [0.29, 0.717) is 0 Å². The number of rotatable bonds is 4. The Hall–Kier alpha value is -0.540. The molecule has 0 fully saturated rings. The fraction of sp³-hybridized carbons (Fsp3) is 0.250. The van der Waals surface area contributed by atoms with Crippen LogP contribution in [-0.2, 0) is 6.42 Å². The lowest BCUT2D eigenvalue weighted by atomic mass is 9.98. The van der Waals surface area contributed by atoms with E-state index in [9.17, 15) is 0 Å². The summed E-state index contributed by atoms with van der Waals surface area (Å²) >= 11 is 16.0. The van der Waals surface area contributed by atoms with Crippen molar-refractivity contribution in [3.63, 3.8) is 0 Å². The lowest BCUT2D eigenvalue weighted by Gasteiger charge is -2.19. The third-order valence-electron chi connectivity index (χ3n) is 3.31. The monoisotopic (exact) mass is 371 g/mol. The Bertz CT molecular complexity index is 613. The topological polar surface area (TPSA) is 12.0 Å². The van der Waals surface area contributed by atoms with Gasteiger partial charge in [-0.25, -0.2) is 0 Å². The smallest absolute Gasteiger partial charge is 0.0441 e. The molecule has 0 aliphatic rings. The third kappa shape index (κ3) is 3.76. The molecule has 0 aromatic heterocycles. The zero-order valence-electron chi connectivity index (χ0n) is 11.4. The van der Waals surface area contributed by atoms with Crippen molar-refractivity contribution in [2.75, 3.05) is 7.05 Å². The number of likely N-dealkylation sites (N-methyl/N-ethyl adjacent to an activating group) is 1. The summed E-state index contributed by atoms with van der Waals surface area (Å²) in [5.41, 5.74) is 3.43. The summed E-state index contributed by atoms with van der Waals surface area (Å²) in [6.45, 7) is 2.04. The number of halogens is 3. The van der Waals surface area contributed by atoms with E-state index in [1.807, 2.05) is 38.2 Å². The molecule has 1 atom stereocenters. The van der Waals surface area contributed by atoms with E-state index < -0.39 is 0 Å². The molecule has 0 aliphatic carbocycles. The molecule has 4 heteroatoms. The molecule has 1 nitrogen and oxygen atoms in total. The summed E-state index contributed by atoms with van der Waals surface area (Å²) in [7, 11) is 1.94. The summed E-state index contributed by atoms with van der Waals surface area (Å²) in [5, 5.41) is 4.87. The molecule has 0 amide bonds. The molecule has 2 aromatic carbocycles. The van der Waals surface area contributed by atoms with Crippen molar-refractivity contribution in [1.82, 2.24) is 5.32 Å². The first-order valence-electron chi connectivity index (χ1n) is 6.38. The minimum absolute atomic E-state index is 0.156. The molecule has 0 radical (unpaired) electrons. The Morgan fingerprint density at radius 2 is 1.90 bits per heavy atom. The van der Waals surface area contributed by atoms with Crippen LogP contribution in [0, 0.1) is 6.92 Å². The molecule has 106 valence electrons. The normalized spacial score (nSPS) is 12.4. The molecule has 0 spiro atoms. The Morgan fingerprint density at radius 1 is 1.15 bits per heavy atom. The molecule has 0 bridgehead atoms. The van der Waals surface area contributed by atoms with Crippen molar-refractivity contribution >= 4 is 39.1 Å². The first-order chi connectivity index (χ1) is 9.51. The van der Waals surface area contributed by atoms with Crippen LogP contribution in [0.25, 0.3) is 0 Å². The Kier molecular flexibility index (Phi) is 5.50. The largest absolute Gasteiger partial charge is 0.313 e. The second-order valence-electron chi connectivity index (χ2n) is 4.81. The number of benzene rings is 2. The van der Waals surface area contributed by atoms with Gasteiger partial charge in [0.05, 0.1) is 0 Å². The lowest BCUT2D eigenvalue weighted by Crippen LogP contribution is -2.19. The number of hydrogen-bond donors (Lipinski definition) is 1. The van der Waals surface area contributed by atoms with Gasteiger partial charge < -0.3 is 5.32 Å². The van der Waals surface area contributed by atoms with Gasteiger partial charge in [0.25, 0.3) is 0 Å². The maximum atomic E-state index is 6.32. The maximum absolute atomic E-state index is 6.32. The predicted molar refractivity (Wildman–Crippen MR) is 90.8 cm³/mol. The zero-order valence-corrected chi connectivity index (χ0v) is 14.5. The molecule has 2 rings (SSSR count). The second kappa shape index (κ2) is 6.95. The number of nitrogens with one attached hydrogen (secondary N) is 1. The average Bonchev–Trinajstić information content (AvgIpc) is 2.41. The van der Waals surface area contributed by atoms with Crippen molar-refractivity contribution < 1.29 is 0 Å². The summed E-state index contributed by atoms with van der Waals surface area (Å²) in [6, 6.07) is 12.1. The molecule has 0 heterocycles. The third-order valence-corrected chi connectivity index (χ3v) is 4.62. The average molecular weight is 373 g/mol. The van der Waals surface area contributed by atoms with Gasteiger partial charge in [-0.3, -0.25) is 0 Å². The van der Waals surface area contributed by atoms with Crippen LogP contribution in [0.4, 0.5) is 0 Å². The van der Waals surface area contributed by atoms with Crippen LogP contribution in [-0.4, -0.2) is 7.05 Å². The van der Waals surface area contributed by atoms with Gasteiger partial charge in [-0.15, -0.1) is 0 Å². The highest BCUT2D eigenvalue weighted by Gasteiger charge is 2.15. The van der Waals surface area contributed by atoms with Gasteiger partial charge in [0.1, 0.15) is 0 Å². The lowest BCUT2D eigenvalue weighted by molar-refractivity contribution is 0.590. The maximum Gasteiger partial charge on any atom is 0.0441 e. The van der Waals surface area contributed by atoms with Crippen molar-refractivity contribution in [3.05, 3.63) is 67.6 Å². The minimum Gasteiger partial charge on any atom is -0.313 e. The van der Waals surface area contributed by atoms with E-state index >= 15 is 0 Å². The van der Waals surface area contributed by atoms with Crippen molar-refractivity contribution in [3.8, 4) is 0 Å². The number of aryl methyl sites for hydroxylation is 1. The van der Waals surface area contributed by atoms with Gasteiger partial charge in [0.15, 0.2) is 0 Å². The summed E-state index contributed by atoms with van der Waals surface area (Å²) in [5.74, 6) is 0. The highest BCUT2D eigenvalue weighted by molar-refractivity contribution is 9.10. The van der Waals surface area contributed by atoms with Crippen LogP contribution in [0.5, 0.6) is 0 Å². The van der Waals surface area contributed by atoms with Gasteiger partial charge in [-0.05, 0) is 61.3 Å². The fourth-order valence-corrected chi connectivity index (χ4v) is 3.20. The van der Waals surface area contributed by atoms with Gasteiger partial charge in [0, 0.05) is 20.6 Å². The molecule has 1 N–H and O–H groups in total. The molecule has 0 saturated heterocycles. The molecule has 0 aliphatic heterocycles. The molecule has 20 heavy (non-hydrogen) atoms. The van der Waals surface area contributed by atoms with Gasteiger partial charge in [0.2, 0.25) is 0 Å². The molecular weight excluding hydrogens is 357 g/mol. The number of hydrogen-bond acceptors (Lipinski definition) is 1. The Labute approximate surface area is 138 Å². The van der Waals surface area contributed by atoms with E-state index in [1.54, 1.807) is 0 Å². The van der Waals surface area contributed by atoms with Crippen molar-refractivity contribution in [1.29, 1.82) is 0 Å². The summed E-state index contributed by atoms with van der Waals surface area (Å²) < 4.78 is 1.05. The highest BCUT2D eigenvalue weighted by Crippen LogP contribution is 2.30. The predicted octanol–water partition coefficient (Wildman–Crippen LogP) is 5.57. The Morgan fingerprint density at radius 3 is 2.55 bits per heavy atom. The van der Waals surface area contributed by atoms with Crippen molar-refractivity contribution in [2.24, 2.45) is 0 Å². The van der Waals surface area contributed by atoms with Crippen LogP contribution >= 0.6 is 39.1 Å². The van der Waals surface area contributed by atoms with Crippen LogP contribution in [0.1, 0.15) is 22.7 Å². The van der Waals surface area contributed by atoms with E-state index in [4.69, 9.17) is 23.2 Å². The first kappa shape index (κ1) is 15.8. The van der Waals surface area contributed by atoms with Crippen LogP contribution in [0.15, 0.2) is 40.9 Å². The van der Waals surface area contributed by atoms with E-state index in [-0.39, 0.29) is 6.04 Å². The van der Waals surface area contributed by atoms with Crippen molar-refractivity contribution in [2.45, 2.75) is 19.4 Å². The van der Waals surface area contributed by atoms with Crippen LogP contribution in [0.2, 0.25) is 10.0 Å². The van der Waals surface area contributed by atoms with E-state index in [0.717, 1.165) is 32.1 Å². The van der Waals surface area contributed by atoms with E-state index in [1.165, 1.54) is 5.56 Å². The Balaban J connectivity index is 2.31. The molecular formula is C16H16BrCl2N. The van der Waals surface area contributed by atoms with Gasteiger partial charge in [-0.2, -0.15) is 0 Å². The van der Waals surface area contributed by atoms with E-state index in [2.05, 4.69) is 33.4 Å². The molecule has 0 saturated carbocycles. The summed E-state index contributed by atoms with van der Waals surface area (Å²) in [4.78, 5) is 0. The van der Waals surface area contributed by atoms with Crippen LogP contribution < -0.4 is 5.32 Å². The second-order valence-corrected chi connectivity index (χ2v) is 6.50. The highest BCUT2D eigenvalue weighted by atomic mass is 79.9. The van der Waals surface area contributed by atoms with Gasteiger partial charge >= 0.3 is 0 Å². The SMILES string of the molecule is CNC(Cc1ccc(C)cc1Cl)c1cc(Cl)ccc1Br.